The number of guanidine groups is 1. The number of hydrogen-bond donors (Lipinski definition) is 2. The quantitative estimate of drug-likeness (QED) is 0.387. The van der Waals surface area contributed by atoms with E-state index in [-0.39, 0.29) is 24.0 Å². The van der Waals surface area contributed by atoms with Crippen LogP contribution in [0, 0.1) is 0 Å². The summed E-state index contributed by atoms with van der Waals surface area (Å²) < 4.78 is 6.45. The number of hydrogen-bond acceptors (Lipinski definition) is 2. The van der Waals surface area contributed by atoms with E-state index in [0.717, 1.165) is 21.7 Å². The van der Waals surface area contributed by atoms with Gasteiger partial charge >= 0.3 is 0 Å². The standard InChI is InChI=1S/C16H24BrN3O.HI/c1-18-16(20-14-6-4-3-5-7-14)19-11-12-10-13(17)8-9-15(12)21-2;/h8-10,14H,3-7,11H2,1-2H3,(H2,18,19,20);1H. The zero-order valence-electron chi connectivity index (χ0n) is 13.2. The predicted molar refractivity (Wildman–Crippen MR) is 106 cm³/mol. The topological polar surface area (TPSA) is 45.7 Å². The highest BCUT2D eigenvalue weighted by Crippen LogP contribution is 2.22. The van der Waals surface area contributed by atoms with E-state index in [2.05, 4.69) is 37.6 Å². The lowest BCUT2D eigenvalue weighted by atomic mass is 9.96. The molecule has 1 aromatic rings. The van der Waals surface area contributed by atoms with Crippen LogP contribution in [0.3, 0.4) is 0 Å². The summed E-state index contributed by atoms with van der Waals surface area (Å²) in [5.41, 5.74) is 1.11. The maximum atomic E-state index is 5.40. The fourth-order valence-corrected chi connectivity index (χ4v) is 3.11. The number of benzene rings is 1. The Morgan fingerprint density at radius 1 is 1.32 bits per heavy atom. The van der Waals surface area contributed by atoms with Gasteiger partial charge in [-0.1, -0.05) is 35.2 Å². The molecule has 0 atom stereocenters. The van der Waals surface area contributed by atoms with Crippen LogP contribution in [0.5, 0.6) is 5.75 Å². The molecule has 1 aliphatic carbocycles. The molecule has 0 aliphatic heterocycles. The minimum absolute atomic E-state index is 0. The van der Waals surface area contributed by atoms with Gasteiger partial charge in [-0.3, -0.25) is 4.99 Å². The van der Waals surface area contributed by atoms with Gasteiger partial charge in [0.2, 0.25) is 0 Å². The Hall–Kier alpha value is -0.500. The molecule has 1 saturated carbocycles. The summed E-state index contributed by atoms with van der Waals surface area (Å²) in [4.78, 5) is 4.32. The van der Waals surface area contributed by atoms with Crippen LogP contribution in [-0.4, -0.2) is 26.2 Å². The van der Waals surface area contributed by atoms with Crippen molar-refractivity contribution in [2.24, 2.45) is 4.99 Å². The molecule has 2 N–H and O–H groups in total. The van der Waals surface area contributed by atoms with Crippen LogP contribution in [0.4, 0.5) is 0 Å². The van der Waals surface area contributed by atoms with Crippen LogP contribution < -0.4 is 15.4 Å². The molecule has 0 spiro atoms. The third kappa shape index (κ3) is 5.95. The predicted octanol–water partition coefficient (Wildman–Crippen LogP) is 4.07. The van der Waals surface area contributed by atoms with E-state index >= 15 is 0 Å². The number of halogens is 2. The molecular formula is C16H25BrIN3O. The third-order valence-corrected chi connectivity index (χ3v) is 4.35. The second-order valence-electron chi connectivity index (χ2n) is 5.36. The molecule has 0 heterocycles. The van der Waals surface area contributed by atoms with Crippen molar-refractivity contribution in [3.63, 3.8) is 0 Å². The summed E-state index contributed by atoms with van der Waals surface area (Å²) in [5.74, 6) is 1.75. The lowest BCUT2D eigenvalue weighted by Gasteiger charge is -2.25. The van der Waals surface area contributed by atoms with Crippen molar-refractivity contribution in [2.75, 3.05) is 14.2 Å². The fraction of sp³-hybridized carbons (Fsp3) is 0.562. The third-order valence-electron chi connectivity index (χ3n) is 3.86. The van der Waals surface area contributed by atoms with Gasteiger partial charge in [0, 0.05) is 29.7 Å². The minimum atomic E-state index is 0. The molecular weight excluding hydrogens is 457 g/mol. The molecule has 124 valence electrons. The molecule has 6 heteroatoms. The van der Waals surface area contributed by atoms with E-state index in [4.69, 9.17) is 4.74 Å². The molecule has 0 unspecified atom stereocenters. The van der Waals surface area contributed by atoms with Crippen LogP contribution >= 0.6 is 39.9 Å². The highest BCUT2D eigenvalue weighted by atomic mass is 127. The van der Waals surface area contributed by atoms with Crippen molar-refractivity contribution in [1.82, 2.24) is 10.6 Å². The normalized spacial score (nSPS) is 15.9. The highest BCUT2D eigenvalue weighted by molar-refractivity contribution is 14.0. The monoisotopic (exact) mass is 481 g/mol. The number of nitrogens with zero attached hydrogens (tertiary/aromatic N) is 1. The van der Waals surface area contributed by atoms with Crippen molar-refractivity contribution in [1.29, 1.82) is 0 Å². The Balaban J connectivity index is 0.00000242. The van der Waals surface area contributed by atoms with Gasteiger partial charge in [-0.25, -0.2) is 0 Å². The van der Waals surface area contributed by atoms with Crippen LogP contribution in [0.15, 0.2) is 27.7 Å². The molecule has 2 rings (SSSR count). The number of aliphatic imine (C=N–C) groups is 1. The van der Waals surface area contributed by atoms with Gasteiger partial charge in [0.1, 0.15) is 5.75 Å². The van der Waals surface area contributed by atoms with Gasteiger partial charge in [-0.05, 0) is 31.0 Å². The molecule has 0 saturated heterocycles. The van der Waals surface area contributed by atoms with Crippen molar-refractivity contribution < 1.29 is 4.74 Å². The van der Waals surface area contributed by atoms with Gasteiger partial charge in [0.05, 0.1) is 7.11 Å². The highest BCUT2D eigenvalue weighted by Gasteiger charge is 2.14. The molecule has 1 aromatic carbocycles. The number of ether oxygens (including phenoxy) is 1. The SMILES string of the molecule is CN=C(NCc1cc(Br)ccc1OC)NC1CCCCC1.I. The van der Waals surface area contributed by atoms with Gasteiger partial charge in [0.15, 0.2) is 5.96 Å². The summed E-state index contributed by atoms with van der Waals surface area (Å²) in [5, 5.41) is 6.89. The Kier molecular flexibility index (Phi) is 9.16. The Morgan fingerprint density at radius 2 is 2.05 bits per heavy atom. The lowest BCUT2D eigenvalue weighted by Crippen LogP contribution is -2.43. The molecule has 4 nitrogen and oxygen atoms in total. The maximum Gasteiger partial charge on any atom is 0.191 e. The molecule has 0 bridgehead atoms. The van der Waals surface area contributed by atoms with E-state index < -0.39 is 0 Å². The first-order chi connectivity index (χ1) is 10.2. The van der Waals surface area contributed by atoms with Crippen LogP contribution in [0.1, 0.15) is 37.7 Å². The van der Waals surface area contributed by atoms with E-state index in [9.17, 15) is 0 Å². The van der Waals surface area contributed by atoms with Gasteiger partial charge in [-0.15, -0.1) is 24.0 Å². The van der Waals surface area contributed by atoms with E-state index in [1.165, 1.54) is 32.1 Å². The van der Waals surface area contributed by atoms with Crippen LogP contribution in [0.25, 0.3) is 0 Å². The number of rotatable bonds is 4. The van der Waals surface area contributed by atoms with E-state index in [1.807, 2.05) is 19.2 Å². The molecule has 1 aliphatic rings. The minimum Gasteiger partial charge on any atom is -0.496 e. The average molecular weight is 482 g/mol. The molecule has 0 aromatic heterocycles. The molecule has 0 radical (unpaired) electrons. The molecule has 1 fully saturated rings. The second-order valence-corrected chi connectivity index (χ2v) is 6.28. The Bertz CT molecular complexity index is 490. The summed E-state index contributed by atoms with van der Waals surface area (Å²) >= 11 is 3.50. The fourth-order valence-electron chi connectivity index (χ4n) is 2.70. The Morgan fingerprint density at radius 3 is 2.68 bits per heavy atom. The molecule has 0 amide bonds. The zero-order valence-corrected chi connectivity index (χ0v) is 17.1. The number of nitrogens with one attached hydrogen (secondary N) is 2. The summed E-state index contributed by atoms with van der Waals surface area (Å²) in [6, 6.07) is 6.57. The van der Waals surface area contributed by atoms with Gasteiger partial charge in [0.25, 0.3) is 0 Å². The van der Waals surface area contributed by atoms with E-state index in [0.29, 0.717) is 12.6 Å². The maximum absolute atomic E-state index is 5.40. The number of methoxy groups -OCH3 is 1. The second kappa shape index (κ2) is 10.3. The van der Waals surface area contributed by atoms with Gasteiger partial charge in [-0.2, -0.15) is 0 Å². The smallest absolute Gasteiger partial charge is 0.191 e. The van der Waals surface area contributed by atoms with Crippen LogP contribution in [0.2, 0.25) is 0 Å². The average Bonchev–Trinajstić information content (AvgIpc) is 2.52. The first kappa shape index (κ1) is 19.5. The van der Waals surface area contributed by atoms with Crippen molar-refractivity contribution in [3.8, 4) is 5.75 Å². The van der Waals surface area contributed by atoms with Crippen molar-refractivity contribution in [2.45, 2.75) is 44.7 Å². The van der Waals surface area contributed by atoms with Crippen molar-refractivity contribution in [3.05, 3.63) is 28.2 Å². The Labute approximate surface area is 158 Å². The largest absolute Gasteiger partial charge is 0.496 e. The lowest BCUT2D eigenvalue weighted by molar-refractivity contribution is 0.405. The van der Waals surface area contributed by atoms with Gasteiger partial charge < -0.3 is 15.4 Å². The summed E-state index contributed by atoms with van der Waals surface area (Å²) in [7, 11) is 3.51. The molecule has 22 heavy (non-hydrogen) atoms. The van der Waals surface area contributed by atoms with Crippen LogP contribution in [-0.2, 0) is 6.54 Å². The van der Waals surface area contributed by atoms with E-state index in [1.54, 1.807) is 7.11 Å². The first-order valence-electron chi connectivity index (χ1n) is 7.52. The first-order valence-corrected chi connectivity index (χ1v) is 8.32. The summed E-state index contributed by atoms with van der Waals surface area (Å²) in [6.07, 6.45) is 6.46. The summed E-state index contributed by atoms with van der Waals surface area (Å²) in [6.45, 7) is 0.689. The van der Waals surface area contributed by atoms with Crippen molar-refractivity contribution >= 4 is 45.9 Å². The zero-order chi connectivity index (χ0) is 15.1.